The number of amides is 1. The number of primary amides is 1. The quantitative estimate of drug-likeness (QED) is 0.0588. The average Bonchev–Trinajstić information content (AvgIpc) is 3.02. The minimum absolute atomic E-state index is 0.483. The maximum Gasteiger partial charge on any atom is 0.321 e. The number of carboxylic acids is 1. The molecule has 0 rings (SSSR count). The fourth-order valence-electron chi connectivity index (χ4n) is 6.72. The second-order valence-electron chi connectivity index (χ2n) is 14.2. The first-order chi connectivity index (χ1) is 22.0. The van der Waals surface area contributed by atoms with E-state index in [0.29, 0.717) is 13.0 Å². The standard InChI is InChI=1S/C40H80N2O3/c1-3-5-7-9-11-13-15-17-19-21-23-25-27-29-31-33-35-37(39(41)43)38(40(44)45)42-36-34-32-30-28-26-24-22-20-18-16-14-12-10-8-6-4-2/h37-38,42H,3-36H2,1-2H3,(H2,41,43)(H,44,45)/t37?,38-/m0/s1. The molecule has 4 N–H and O–H groups in total. The molecule has 0 radical (unpaired) electrons. The lowest BCUT2D eigenvalue weighted by molar-refractivity contribution is -0.143. The van der Waals surface area contributed by atoms with Crippen LogP contribution in [0.1, 0.15) is 226 Å². The van der Waals surface area contributed by atoms with E-state index in [2.05, 4.69) is 19.2 Å². The predicted octanol–water partition coefficient (Wildman–Crippen LogP) is 12.0. The lowest BCUT2D eigenvalue weighted by atomic mass is 9.92. The summed E-state index contributed by atoms with van der Waals surface area (Å²) in [5.74, 6) is -2.06. The Kier molecular flexibility index (Phi) is 34.9. The van der Waals surface area contributed by atoms with E-state index in [-0.39, 0.29) is 0 Å². The Labute approximate surface area is 281 Å². The van der Waals surface area contributed by atoms with Crippen LogP contribution in [0.15, 0.2) is 0 Å². The molecule has 2 atom stereocenters. The van der Waals surface area contributed by atoms with Gasteiger partial charge in [-0.3, -0.25) is 9.59 Å². The molecular weight excluding hydrogens is 556 g/mol. The van der Waals surface area contributed by atoms with Crippen molar-refractivity contribution in [3.63, 3.8) is 0 Å². The van der Waals surface area contributed by atoms with E-state index in [4.69, 9.17) is 5.73 Å². The van der Waals surface area contributed by atoms with Crippen molar-refractivity contribution < 1.29 is 14.7 Å². The van der Waals surface area contributed by atoms with Gasteiger partial charge in [-0.05, 0) is 19.4 Å². The number of carbonyl (C=O) groups excluding carboxylic acids is 1. The highest BCUT2D eigenvalue weighted by Gasteiger charge is 2.31. The van der Waals surface area contributed by atoms with Crippen LogP contribution in [0.4, 0.5) is 0 Å². The summed E-state index contributed by atoms with van der Waals surface area (Å²) in [5.41, 5.74) is 5.67. The molecule has 45 heavy (non-hydrogen) atoms. The minimum Gasteiger partial charge on any atom is -0.480 e. The number of hydrogen-bond acceptors (Lipinski definition) is 3. The summed E-state index contributed by atoms with van der Waals surface area (Å²) in [4.78, 5) is 24.1. The van der Waals surface area contributed by atoms with E-state index >= 15 is 0 Å². The summed E-state index contributed by atoms with van der Waals surface area (Å²) in [6.07, 6.45) is 42.5. The zero-order chi connectivity index (χ0) is 33.1. The van der Waals surface area contributed by atoms with Crippen LogP contribution in [0.5, 0.6) is 0 Å². The summed E-state index contributed by atoms with van der Waals surface area (Å²) in [5, 5.41) is 12.9. The van der Waals surface area contributed by atoms with Crippen LogP contribution in [0.25, 0.3) is 0 Å². The topological polar surface area (TPSA) is 92.4 Å². The van der Waals surface area contributed by atoms with E-state index in [9.17, 15) is 14.7 Å². The van der Waals surface area contributed by atoms with Crippen LogP contribution < -0.4 is 11.1 Å². The smallest absolute Gasteiger partial charge is 0.321 e. The molecular formula is C40H80N2O3. The van der Waals surface area contributed by atoms with Crippen molar-refractivity contribution in [3.05, 3.63) is 0 Å². The second-order valence-corrected chi connectivity index (χ2v) is 14.2. The Morgan fingerprint density at radius 2 is 0.733 bits per heavy atom. The predicted molar refractivity (Wildman–Crippen MR) is 196 cm³/mol. The second kappa shape index (κ2) is 35.7. The van der Waals surface area contributed by atoms with Gasteiger partial charge in [-0.25, -0.2) is 0 Å². The number of nitrogens with one attached hydrogen (secondary N) is 1. The molecule has 0 spiro atoms. The molecule has 0 aromatic rings. The summed E-state index contributed by atoms with van der Waals surface area (Å²) in [6.45, 7) is 5.19. The highest BCUT2D eigenvalue weighted by molar-refractivity contribution is 5.85. The van der Waals surface area contributed by atoms with Crippen LogP contribution in [0, 0.1) is 5.92 Å². The molecule has 0 aliphatic carbocycles. The molecule has 0 aromatic carbocycles. The zero-order valence-corrected chi connectivity index (χ0v) is 30.5. The van der Waals surface area contributed by atoms with Gasteiger partial charge in [0.05, 0.1) is 5.92 Å². The van der Waals surface area contributed by atoms with Crippen LogP contribution in [0.2, 0.25) is 0 Å². The fourth-order valence-corrected chi connectivity index (χ4v) is 6.72. The summed E-state index contributed by atoms with van der Waals surface area (Å²) < 4.78 is 0. The van der Waals surface area contributed by atoms with Crippen LogP contribution in [-0.2, 0) is 9.59 Å². The Morgan fingerprint density at radius 3 is 1.00 bits per heavy atom. The van der Waals surface area contributed by atoms with Crippen molar-refractivity contribution in [2.75, 3.05) is 6.54 Å². The number of aliphatic carboxylic acids is 1. The van der Waals surface area contributed by atoms with Crippen molar-refractivity contribution >= 4 is 11.9 Å². The third kappa shape index (κ3) is 31.3. The van der Waals surface area contributed by atoms with E-state index in [1.54, 1.807) is 0 Å². The van der Waals surface area contributed by atoms with Crippen molar-refractivity contribution in [2.24, 2.45) is 11.7 Å². The molecule has 0 bridgehead atoms. The van der Waals surface area contributed by atoms with Gasteiger partial charge in [0, 0.05) is 0 Å². The van der Waals surface area contributed by atoms with Gasteiger partial charge >= 0.3 is 5.97 Å². The fraction of sp³-hybridized carbons (Fsp3) is 0.950. The number of carbonyl (C=O) groups is 2. The molecule has 0 aliphatic heterocycles. The molecule has 1 amide bonds. The molecule has 5 heteroatoms. The SMILES string of the molecule is CCCCCCCCCCCCCCCCCCN[C@H](C(=O)O)C(CCCCCCCCCCCCCCCCCC)C(N)=O. The van der Waals surface area contributed by atoms with Crippen LogP contribution >= 0.6 is 0 Å². The normalized spacial score (nSPS) is 12.8. The van der Waals surface area contributed by atoms with E-state index < -0.39 is 23.8 Å². The first-order valence-corrected chi connectivity index (χ1v) is 20.3. The largest absolute Gasteiger partial charge is 0.480 e. The molecule has 5 nitrogen and oxygen atoms in total. The highest BCUT2D eigenvalue weighted by Crippen LogP contribution is 2.18. The van der Waals surface area contributed by atoms with Crippen LogP contribution in [-0.4, -0.2) is 29.6 Å². The lowest BCUT2D eigenvalue weighted by Gasteiger charge is -2.22. The molecule has 0 heterocycles. The maximum absolute atomic E-state index is 12.1. The molecule has 0 saturated carbocycles. The number of nitrogens with two attached hydrogens (primary N) is 1. The molecule has 0 fully saturated rings. The molecule has 0 aliphatic rings. The summed E-state index contributed by atoms with van der Waals surface area (Å²) in [6, 6.07) is -0.866. The van der Waals surface area contributed by atoms with Gasteiger partial charge in [-0.2, -0.15) is 0 Å². The van der Waals surface area contributed by atoms with E-state index in [1.807, 2.05) is 0 Å². The third-order valence-electron chi connectivity index (χ3n) is 9.80. The maximum atomic E-state index is 12.1. The zero-order valence-electron chi connectivity index (χ0n) is 30.5. The highest BCUT2D eigenvalue weighted by atomic mass is 16.4. The van der Waals surface area contributed by atoms with Crippen molar-refractivity contribution in [3.8, 4) is 0 Å². The lowest BCUT2D eigenvalue weighted by Crippen LogP contribution is -2.48. The van der Waals surface area contributed by atoms with E-state index in [1.165, 1.54) is 173 Å². The molecule has 268 valence electrons. The van der Waals surface area contributed by atoms with Crippen molar-refractivity contribution in [1.29, 1.82) is 0 Å². The van der Waals surface area contributed by atoms with Gasteiger partial charge < -0.3 is 16.2 Å². The first kappa shape index (κ1) is 43.9. The van der Waals surface area contributed by atoms with Gasteiger partial charge in [0.15, 0.2) is 0 Å². The first-order valence-electron chi connectivity index (χ1n) is 20.3. The summed E-state index contributed by atoms with van der Waals surface area (Å²) in [7, 11) is 0. The van der Waals surface area contributed by atoms with Gasteiger partial charge in [0.2, 0.25) is 5.91 Å². The number of carboxylic acid groups (broad SMARTS) is 1. The van der Waals surface area contributed by atoms with Crippen molar-refractivity contribution in [1.82, 2.24) is 5.32 Å². The summed E-state index contributed by atoms with van der Waals surface area (Å²) >= 11 is 0. The Balaban J connectivity index is 3.73. The van der Waals surface area contributed by atoms with Gasteiger partial charge in [0.1, 0.15) is 6.04 Å². The van der Waals surface area contributed by atoms with Gasteiger partial charge in [-0.1, -0.05) is 213 Å². The van der Waals surface area contributed by atoms with Gasteiger partial charge in [-0.15, -0.1) is 0 Å². The van der Waals surface area contributed by atoms with Gasteiger partial charge in [0.25, 0.3) is 0 Å². The molecule has 1 unspecified atom stereocenters. The Bertz CT molecular complexity index is 627. The monoisotopic (exact) mass is 637 g/mol. The third-order valence-corrected chi connectivity index (χ3v) is 9.80. The molecule has 0 saturated heterocycles. The Hall–Kier alpha value is -1.10. The van der Waals surface area contributed by atoms with Crippen LogP contribution in [0.3, 0.4) is 0 Å². The number of rotatable bonds is 38. The number of unbranched alkanes of at least 4 members (excludes halogenated alkanes) is 30. The Morgan fingerprint density at radius 1 is 0.467 bits per heavy atom. The average molecular weight is 637 g/mol. The minimum atomic E-state index is -0.952. The molecule has 0 aromatic heterocycles. The van der Waals surface area contributed by atoms with E-state index in [0.717, 1.165) is 32.1 Å². The number of hydrogen-bond donors (Lipinski definition) is 3. The van der Waals surface area contributed by atoms with Crippen molar-refractivity contribution in [2.45, 2.75) is 232 Å².